The van der Waals surface area contributed by atoms with E-state index in [1.165, 1.54) is 4.90 Å². The number of aromatic nitrogens is 3. The summed E-state index contributed by atoms with van der Waals surface area (Å²) in [5, 5.41) is 10.0. The number of H-pyrrole nitrogens is 1. The van der Waals surface area contributed by atoms with E-state index in [0.29, 0.717) is 29.2 Å². The van der Waals surface area contributed by atoms with Crippen molar-refractivity contribution >= 4 is 40.3 Å². The number of likely N-dealkylation sites (tertiary alicyclic amines) is 1. The minimum absolute atomic E-state index is 0.0256. The highest BCUT2D eigenvalue weighted by molar-refractivity contribution is 6.30. The third-order valence-corrected chi connectivity index (χ3v) is 6.63. The molecule has 2 aromatic heterocycles. The number of pyridine rings is 1. The van der Waals surface area contributed by atoms with Crippen LogP contribution in [0.4, 0.5) is 10.2 Å². The van der Waals surface area contributed by atoms with Gasteiger partial charge in [-0.3, -0.25) is 14.7 Å². The lowest BCUT2D eigenvalue weighted by molar-refractivity contribution is -0.145. The van der Waals surface area contributed by atoms with Gasteiger partial charge in [0.05, 0.1) is 23.7 Å². The summed E-state index contributed by atoms with van der Waals surface area (Å²) in [5.41, 5.74) is 1.49. The summed E-state index contributed by atoms with van der Waals surface area (Å²) in [4.78, 5) is 32.4. The first-order valence-corrected chi connectivity index (χ1v) is 10.7. The molecule has 1 aliphatic heterocycles. The summed E-state index contributed by atoms with van der Waals surface area (Å²) in [6.07, 6.45) is 2.54. The number of rotatable bonds is 4. The molecule has 0 unspecified atom stereocenters. The molecule has 1 saturated carbocycles. The van der Waals surface area contributed by atoms with Gasteiger partial charge in [0, 0.05) is 11.4 Å². The maximum Gasteiger partial charge on any atom is 0.248 e. The van der Waals surface area contributed by atoms with E-state index < -0.39 is 23.5 Å². The minimum Gasteiger partial charge on any atom is -0.327 e. The Balaban J connectivity index is 1.39. The molecular formula is C22H21ClFN5O2. The Morgan fingerprint density at radius 3 is 2.68 bits per heavy atom. The van der Waals surface area contributed by atoms with Gasteiger partial charge in [0.15, 0.2) is 0 Å². The maximum absolute atomic E-state index is 14.4. The van der Waals surface area contributed by atoms with E-state index in [1.54, 1.807) is 30.5 Å². The van der Waals surface area contributed by atoms with Crippen molar-refractivity contribution in [1.29, 1.82) is 0 Å². The van der Waals surface area contributed by atoms with Crippen molar-refractivity contribution in [3.05, 3.63) is 53.2 Å². The number of hydrogen-bond acceptors (Lipinski definition) is 4. The molecule has 5 rings (SSSR count). The second-order valence-electron chi connectivity index (χ2n) is 8.24. The highest BCUT2D eigenvalue weighted by Crippen LogP contribution is 2.46. The zero-order valence-corrected chi connectivity index (χ0v) is 17.4. The van der Waals surface area contributed by atoms with Crippen LogP contribution in [0.5, 0.6) is 0 Å². The number of alkyl halides is 1. The lowest BCUT2D eigenvalue weighted by Gasteiger charge is -2.44. The number of anilines is 1. The molecule has 2 amide bonds. The molecule has 31 heavy (non-hydrogen) atoms. The second-order valence-corrected chi connectivity index (χ2v) is 8.67. The quantitative estimate of drug-likeness (QED) is 0.647. The van der Waals surface area contributed by atoms with Crippen molar-refractivity contribution in [2.24, 2.45) is 0 Å². The molecule has 160 valence electrons. The predicted molar refractivity (Wildman–Crippen MR) is 115 cm³/mol. The molecular weight excluding hydrogens is 421 g/mol. The van der Waals surface area contributed by atoms with Crippen molar-refractivity contribution in [2.45, 2.75) is 43.3 Å². The van der Waals surface area contributed by atoms with Crippen molar-refractivity contribution < 1.29 is 14.0 Å². The van der Waals surface area contributed by atoms with E-state index in [2.05, 4.69) is 20.5 Å². The summed E-state index contributed by atoms with van der Waals surface area (Å²) in [7, 11) is 0. The van der Waals surface area contributed by atoms with E-state index >= 15 is 0 Å². The van der Waals surface area contributed by atoms with E-state index in [1.807, 2.05) is 12.1 Å². The fourth-order valence-electron chi connectivity index (χ4n) is 4.57. The third-order valence-electron chi connectivity index (χ3n) is 6.37. The molecule has 2 N–H and O–H groups in total. The van der Waals surface area contributed by atoms with Gasteiger partial charge in [0.25, 0.3) is 0 Å². The minimum atomic E-state index is -1.24. The van der Waals surface area contributed by atoms with Gasteiger partial charge in [-0.25, -0.2) is 9.37 Å². The number of aromatic amines is 1. The number of carbonyl (C=O) groups is 2. The number of hydrogen-bond donors (Lipinski definition) is 2. The van der Waals surface area contributed by atoms with Gasteiger partial charge < -0.3 is 10.2 Å². The smallest absolute Gasteiger partial charge is 0.248 e. The molecule has 3 aromatic rings. The molecule has 3 heterocycles. The first kappa shape index (κ1) is 19.9. The van der Waals surface area contributed by atoms with E-state index in [9.17, 15) is 14.0 Å². The number of benzene rings is 1. The standard InChI is InChI=1S/C22H21ClFN5O2/c23-14-4-2-13(3-5-14)22(8-1-9-22)21(31)29-12-15(24)10-18(29)20(30)27-19-7-6-16-17(26-19)11-25-28-16/h2-7,11,15,18H,1,8-10,12H2,(H,25,28)(H,26,27,30)/t15-,18-/m1/s1. The second kappa shape index (κ2) is 7.60. The van der Waals surface area contributed by atoms with Gasteiger partial charge in [0.2, 0.25) is 11.8 Å². The van der Waals surface area contributed by atoms with Crippen LogP contribution in [-0.2, 0) is 15.0 Å². The molecule has 1 aliphatic carbocycles. The molecule has 2 fully saturated rings. The fraction of sp³-hybridized carbons (Fsp3) is 0.364. The van der Waals surface area contributed by atoms with E-state index in [0.717, 1.165) is 17.5 Å². The van der Waals surface area contributed by atoms with E-state index in [-0.39, 0.29) is 18.9 Å². The number of nitrogens with one attached hydrogen (secondary N) is 2. The van der Waals surface area contributed by atoms with Crippen molar-refractivity contribution in [3.63, 3.8) is 0 Å². The van der Waals surface area contributed by atoms with Crippen LogP contribution in [0.1, 0.15) is 31.2 Å². The molecule has 1 aromatic carbocycles. The molecule has 2 atom stereocenters. The van der Waals surface area contributed by atoms with Crippen LogP contribution in [0.3, 0.4) is 0 Å². The average Bonchev–Trinajstić information content (AvgIpc) is 3.34. The monoisotopic (exact) mass is 441 g/mol. The van der Waals surface area contributed by atoms with Gasteiger partial charge in [-0.2, -0.15) is 5.10 Å². The Morgan fingerprint density at radius 1 is 1.19 bits per heavy atom. The number of amides is 2. The number of carbonyl (C=O) groups excluding carboxylic acids is 2. The summed E-state index contributed by atoms with van der Waals surface area (Å²) >= 11 is 6.01. The summed E-state index contributed by atoms with van der Waals surface area (Å²) < 4.78 is 14.4. The SMILES string of the molecule is O=C(Nc1ccc2[nH]ncc2n1)[C@H]1C[C@@H](F)CN1C(=O)C1(c2ccc(Cl)cc2)CCC1. The van der Waals surface area contributed by atoms with Crippen molar-refractivity contribution in [2.75, 3.05) is 11.9 Å². The number of halogens is 2. The van der Waals surface area contributed by atoms with E-state index in [4.69, 9.17) is 11.6 Å². The first-order chi connectivity index (χ1) is 15.0. The van der Waals surface area contributed by atoms with Crippen LogP contribution in [0.15, 0.2) is 42.6 Å². The largest absolute Gasteiger partial charge is 0.327 e. The topological polar surface area (TPSA) is 91.0 Å². The Kier molecular flexibility index (Phi) is 4.89. The Bertz CT molecular complexity index is 1140. The van der Waals surface area contributed by atoms with Gasteiger partial charge in [-0.1, -0.05) is 30.2 Å². The van der Waals surface area contributed by atoms with Crippen LogP contribution >= 0.6 is 11.6 Å². The Hall–Kier alpha value is -3.00. The summed E-state index contributed by atoms with van der Waals surface area (Å²) in [5.74, 6) is -0.293. The average molecular weight is 442 g/mol. The zero-order valence-electron chi connectivity index (χ0n) is 16.6. The molecule has 0 bridgehead atoms. The number of nitrogens with zero attached hydrogens (tertiary/aromatic N) is 3. The van der Waals surface area contributed by atoms with Crippen LogP contribution < -0.4 is 5.32 Å². The van der Waals surface area contributed by atoms with Crippen molar-refractivity contribution in [1.82, 2.24) is 20.1 Å². The molecule has 0 radical (unpaired) electrons. The third kappa shape index (κ3) is 3.44. The molecule has 0 spiro atoms. The maximum atomic E-state index is 14.4. The highest BCUT2D eigenvalue weighted by Gasteiger charge is 2.52. The highest BCUT2D eigenvalue weighted by atomic mass is 35.5. The summed E-state index contributed by atoms with van der Waals surface area (Å²) in [6, 6.07) is 9.73. The van der Waals surface area contributed by atoms with Crippen LogP contribution in [0.2, 0.25) is 5.02 Å². The Morgan fingerprint density at radius 2 is 1.97 bits per heavy atom. The molecule has 9 heteroatoms. The van der Waals surface area contributed by atoms with Gasteiger partial charge in [0.1, 0.15) is 23.5 Å². The van der Waals surface area contributed by atoms with Gasteiger partial charge in [-0.05, 0) is 42.7 Å². The normalized spacial score (nSPS) is 22.3. The first-order valence-electron chi connectivity index (χ1n) is 10.3. The lowest BCUT2D eigenvalue weighted by Crippen LogP contribution is -2.54. The molecule has 1 saturated heterocycles. The van der Waals surface area contributed by atoms with Crippen LogP contribution in [0.25, 0.3) is 11.0 Å². The lowest BCUT2D eigenvalue weighted by atomic mass is 9.63. The fourth-order valence-corrected chi connectivity index (χ4v) is 4.69. The Labute approximate surface area is 183 Å². The zero-order chi connectivity index (χ0) is 21.6. The number of fused-ring (bicyclic) bond motifs is 1. The van der Waals surface area contributed by atoms with Crippen molar-refractivity contribution in [3.8, 4) is 0 Å². The molecule has 2 aliphatic rings. The summed E-state index contributed by atoms with van der Waals surface area (Å²) in [6.45, 7) is -0.0829. The van der Waals surface area contributed by atoms with Crippen LogP contribution in [-0.4, -0.2) is 50.7 Å². The van der Waals surface area contributed by atoms with Gasteiger partial charge in [-0.15, -0.1) is 0 Å². The van der Waals surface area contributed by atoms with Crippen LogP contribution in [0, 0.1) is 0 Å². The molecule has 7 nitrogen and oxygen atoms in total. The predicted octanol–water partition coefficient (Wildman–Crippen LogP) is 3.61. The van der Waals surface area contributed by atoms with Gasteiger partial charge >= 0.3 is 0 Å².